The van der Waals surface area contributed by atoms with E-state index < -0.39 is 11.9 Å². The molecule has 1 aliphatic carbocycles. The standard InChI is InChI=1S/C9H16N2O3/c1-6(9(13)14)4-10-5-8(12)11-7-2-3-7/h6-7,10H,2-5H2,1H3,(H,11,12)(H,13,14). The van der Waals surface area contributed by atoms with Gasteiger partial charge in [0.15, 0.2) is 0 Å². The Balaban J connectivity index is 2.01. The van der Waals surface area contributed by atoms with Gasteiger partial charge in [0.25, 0.3) is 0 Å². The number of nitrogens with one attached hydrogen (secondary N) is 2. The van der Waals surface area contributed by atoms with Crippen LogP contribution in [0.1, 0.15) is 19.8 Å². The van der Waals surface area contributed by atoms with Crippen LogP contribution >= 0.6 is 0 Å². The summed E-state index contributed by atoms with van der Waals surface area (Å²) >= 11 is 0. The SMILES string of the molecule is CC(CNCC(=O)NC1CC1)C(=O)O. The van der Waals surface area contributed by atoms with Gasteiger partial charge in [-0.15, -0.1) is 0 Å². The van der Waals surface area contributed by atoms with E-state index in [-0.39, 0.29) is 12.5 Å². The molecule has 14 heavy (non-hydrogen) atoms. The molecule has 0 radical (unpaired) electrons. The number of carbonyl (C=O) groups excluding carboxylic acids is 1. The summed E-state index contributed by atoms with van der Waals surface area (Å²) in [6, 6.07) is 0.362. The zero-order valence-electron chi connectivity index (χ0n) is 8.25. The van der Waals surface area contributed by atoms with E-state index >= 15 is 0 Å². The number of hydrogen-bond donors (Lipinski definition) is 3. The van der Waals surface area contributed by atoms with Crippen molar-refractivity contribution in [3.8, 4) is 0 Å². The largest absolute Gasteiger partial charge is 0.481 e. The smallest absolute Gasteiger partial charge is 0.307 e. The number of amides is 1. The van der Waals surface area contributed by atoms with Gasteiger partial charge in [-0.05, 0) is 12.8 Å². The van der Waals surface area contributed by atoms with E-state index in [0.29, 0.717) is 12.6 Å². The Kier molecular flexibility index (Phi) is 3.88. The molecular formula is C9H16N2O3. The Morgan fingerprint density at radius 3 is 2.64 bits per heavy atom. The van der Waals surface area contributed by atoms with Gasteiger partial charge < -0.3 is 15.7 Å². The van der Waals surface area contributed by atoms with Crippen molar-refractivity contribution in [1.29, 1.82) is 0 Å². The second-order valence-electron chi connectivity index (χ2n) is 3.71. The van der Waals surface area contributed by atoms with E-state index in [4.69, 9.17) is 5.11 Å². The van der Waals surface area contributed by atoms with Gasteiger partial charge in [0.2, 0.25) is 5.91 Å². The quantitative estimate of drug-likeness (QED) is 0.544. The molecule has 0 saturated heterocycles. The molecule has 0 aliphatic heterocycles. The molecule has 0 spiro atoms. The summed E-state index contributed by atoms with van der Waals surface area (Å²) in [6.07, 6.45) is 2.13. The lowest BCUT2D eigenvalue weighted by molar-refractivity contribution is -0.141. The number of carboxylic acid groups (broad SMARTS) is 1. The molecular weight excluding hydrogens is 184 g/mol. The maximum atomic E-state index is 11.1. The summed E-state index contributed by atoms with van der Waals surface area (Å²) in [7, 11) is 0. The molecule has 1 atom stereocenters. The Labute approximate surface area is 82.9 Å². The summed E-state index contributed by atoms with van der Waals surface area (Å²) in [5, 5.41) is 14.2. The van der Waals surface area contributed by atoms with Crippen molar-refractivity contribution in [1.82, 2.24) is 10.6 Å². The predicted octanol–water partition coefficient (Wildman–Crippen LogP) is -0.425. The lowest BCUT2D eigenvalue weighted by Crippen LogP contribution is -2.37. The average Bonchev–Trinajstić information content (AvgIpc) is 2.87. The molecule has 1 rings (SSSR count). The van der Waals surface area contributed by atoms with Crippen LogP contribution in [-0.2, 0) is 9.59 Å². The molecule has 1 fully saturated rings. The fourth-order valence-electron chi connectivity index (χ4n) is 0.996. The topological polar surface area (TPSA) is 78.4 Å². The third-order valence-electron chi connectivity index (χ3n) is 2.10. The van der Waals surface area contributed by atoms with E-state index in [1.54, 1.807) is 6.92 Å². The number of hydrogen-bond acceptors (Lipinski definition) is 3. The van der Waals surface area contributed by atoms with Gasteiger partial charge in [-0.3, -0.25) is 9.59 Å². The van der Waals surface area contributed by atoms with Crippen LogP contribution in [0.2, 0.25) is 0 Å². The van der Waals surface area contributed by atoms with E-state index in [2.05, 4.69) is 10.6 Å². The minimum atomic E-state index is -0.847. The van der Waals surface area contributed by atoms with Crippen LogP contribution in [0.3, 0.4) is 0 Å². The van der Waals surface area contributed by atoms with Crippen LogP contribution < -0.4 is 10.6 Å². The highest BCUT2D eigenvalue weighted by atomic mass is 16.4. The third-order valence-corrected chi connectivity index (χ3v) is 2.10. The number of rotatable bonds is 6. The van der Waals surface area contributed by atoms with Crippen molar-refractivity contribution in [2.24, 2.45) is 5.92 Å². The Hall–Kier alpha value is -1.10. The van der Waals surface area contributed by atoms with Crippen molar-refractivity contribution in [3.05, 3.63) is 0 Å². The first kappa shape index (κ1) is 11.0. The molecule has 0 bridgehead atoms. The third kappa shape index (κ3) is 4.23. The number of carboxylic acids is 1. The Morgan fingerprint density at radius 2 is 2.14 bits per heavy atom. The molecule has 0 heterocycles. The molecule has 80 valence electrons. The van der Waals surface area contributed by atoms with E-state index in [0.717, 1.165) is 12.8 Å². The van der Waals surface area contributed by atoms with Gasteiger partial charge in [0, 0.05) is 12.6 Å². The van der Waals surface area contributed by atoms with E-state index in [9.17, 15) is 9.59 Å². The second-order valence-corrected chi connectivity index (χ2v) is 3.71. The van der Waals surface area contributed by atoms with Crippen LogP contribution in [0.15, 0.2) is 0 Å². The van der Waals surface area contributed by atoms with Crippen LogP contribution in [0, 0.1) is 5.92 Å². The fourth-order valence-corrected chi connectivity index (χ4v) is 0.996. The van der Waals surface area contributed by atoms with Gasteiger partial charge in [-0.1, -0.05) is 6.92 Å². The highest BCUT2D eigenvalue weighted by molar-refractivity contribution is 5.78. The lowest BCUT2D eigenvalue weighted by atomic mass is 10.2. The number of aliphatic carboxylic acids is 1. The molecule has 1 unspecified atom stereocenters. The molecule has 1 saturated carbocycles. The van der Waals surface area contributed by atoms with Gasteiger partial charge >= 0.3 is 5.97 Å². The summed E-state index contributed by atoms with van der Waals surface area (Å²) in [5.74, 6) is -1.35. The minimum Gasteiger partial charge on any atom is -0.481 e. The lowest BCUT2D eigenvalue weighted by Gasteiger charge is -2.08. The maximum Gasteiger partial charge on any atom is 0.307 e. The summed E-state index contributed by atoms with van der Waals surface area (Å²) in [6.45, 7) is 2.13. The first-order valence-electron chi connectivity index (χ1n) is 4.82. The van der Waals surface area contributed by atoms with Gasteiger partial charge in [-0.25, -0.2) is 0 Å². The van der Waals surface area contributed by atoms with Gasteiger partial charge in [0.1, 0.15) is 0 Å². The van der Waals surface area contributed by atoms with Crippen molar-refractivity contribution < 1.29 is 14.7 Å². The van der Waals surface area contributed by atoms with Crippen molar-refractivity contribution in [2.45, 2.75) is 25.8 Å². The summed E-state index contributed by atoms with van der Waals surface area (Å²) in [4.78, 5) is 21.5. The molecule has 1 aliphatic rings. The molecule has 0 aromatic carbocycles. The maximum absolute atomic E-state index is 11.1. The number of carbonyl (C=O) groups is 2. The molecule has 1 amide bonds. The van der Waals surface area contributed by atoms with E-state index in [1.165, 1.54) is 0 Å². The summed E-state index contributed by atoms with van der Waals surface area (Å²) < 4.78 is 0. The Morgan fingerprint density at radius 1 is 1.50 bits per heavy atom. The first-order chi connectivity index (χ1) is 6.59. The monoisotopic (exact) mass is 200 g/mol. The highest BCUT2D eigenvalue weighted by Crippen LogP contribution is 2.18. The Bertz CT molecular complexity index is 226. The van der Waals surface area contributed by atoms with Gasteiger partial charge in [-0.2, -0.15) is 0 Å². The molecule has 5 heteroatoms. The van der Waals surface area contributed by atoms with Crippen LogP contribution in [0.25, 0.3) is 0 Å². The van der Waals surface area contributed by atoms with Crippen molar-refractivity contribution in [3.63, 3.8) is 0 Å². The first-order valence-corrected chi connectivity index (χ1v) is 4.82. The van der Waals surface area contributed by atoms with Crippen molar-refractivity contribution >= 4 is 11.9 Å². The minimum absolute atomic E-state index is 0.0508. The zero-order valence-corrected chi connectivity index (χ0v) is 8.25. The molecule has 0 aromatic rings. The zero-order chi connectivity index (χ0) is 10.6. The molecule has 0 aromatic heterocycles. The fraction of sp³-hybridized carbons (Fsp3) is 0.778. The van der Waals surface area contributed by atoms with Crippen LogP contribution in [0.4, 0.5) is 0 Å². The van der Waals surface area contributed by atoms with Crippen LogP contribution in [0.5, 0.6) is 0 Å². The van der Waals surface area contributed by atoms with Crippen molar-refractivity contribution in [2.75, 3.05) is 13.1 Å². The van der Waals surface area contributed by atoms with Crippen LogP contribution in [-0.4, -0.2) is 36.1 Å². The molecule has 5 nitrogen and oxygen atoms in total. The average molecular weight is 200 g/mol. The normalized spacial score (nSPS) is 17.5. The second kappa shape index (κ2) is 4.95. The predicted molar refractivity (Wildman–Crippen MR) is 50.8 cm³/mol. The van der Waals surface area contributed by atoms with Gasteiger partial charge in [0.05, 0.1) is 12.5 Å². The molecule has 3 N–H and O–H groups in total. The van der Waals surface area contributed by atoms with E-state index in [1.807, 2.05) is 0 Å². The summed E-state index contributed by atoms with van der Waals surface area (Å²) in [5.41, 5.74) is 0. The highest BCUT2D eigenvalue weighted by Gasteiger charge is 2.22.